The molecule has 0 saturated heterocycles. The largest absolute Gasteiger partial charge is 0.364 e. The Balaban J connectivity index is 2.07. The molecule has 128 valence electrons. The van der Waals surface area contributed by atoms with Crippen molar-refractivity contribution in [1.29, 1.82) is 10.5 Å². The number of hydrogen-bond acceptors (Lipinski definition) is 5. The van der Waals surface area contributed by atoms with Crippen molar-refractivity contribution < 1.29 is 4.79 Å². The van der Waals surface area contributed by atoms with E-state index in [-0.39, 0.29) is 5.01 Å². The molecule has 0 unspecified atom stereocenters. The molecule has 0 fully saturated rings. The van der Waals surface area contributed by atoms with Crippen molar-refractivity contribution in [2.24, 2.45) is 5.73 Å². The van der Waals surface area contributed by atoms with Crippen molar-refractivity contribution >= 4 is 17.2 Å². The van der Waals surface area contributed by atoms with Gasteiger partial charge >= 0.3 is 0 Å². The number of aromatic nitrogens is 2. The van der Waals surface area contributed by atoms with Crippen LogP contribution in [0.1, 0.15) is 37.2 Å². The zero-order valence-electron chi connectivity index (χ0n) is 14.3. The lowest BCUT2D eigenvalue weighted by Crippen LogP contribution is -2.09. The van der Waals surface area contributed by atoms with Gasteiger partial charge < -0.3 is 10.3 Å². The van der Waals surface area contributed by atoms with Gasteiger partial charge in [0.05, 0.1) is 23.7 Å². The van der Waals surface area contributed by atoms with Crippen LogP contribution in [-0.4, -0.2) is 15.5 Å². The molecule has 3 rings (SSSR count). The number of nitrogens with two attached hydrogens (primary N) is 1. The Kier molecular flexibility index (Phi) is 4.57. The third-order valence-electron chi connectivity index (χ3n) is 4.28. The molecular formula is C19H15N5OS. The summed E-state index contributed by atoms with van der Waals surface area (Å²) >= 11 is 1.25. The summed E-state index contributed by atoms with van der Waals surface area (Å²) in [7, 11) is 0. The van der Waals surface area contributed by atoms with Crippen LogP contribution in [0.3, 0.4) is 0 Å². The Morgan fingerprint density at radius 1 is 1.19 bits per heavy atom. The van der Waals surface area contributed by atoms with E-state index >= 15 is 0 Å². The number of amides is 1. The number of hydrogen-bond donors (Lipinski definition) is 1. The first-order valence-corrected chi connectivity index (χ1v) is 8.62. The van der Waals surface area contributed by atoms with Crippen molar-refractivity contribution in [1.82, 2.24) is 9.55 Å². The quantitative estimate of drug-likeness (QED) is 0.770. The average Bonchev–Trinajstić information content (AvgIpc) is 3.20. The van der Waals surface area contributed by atoms with E-state index in [1.807, 2.05) is 30.5 Å². The van der Waals surface area contributed by atoms with Gasteiger partial charge in [-0.1, -0.05) is 12.1 Å². The number of primary amides is 1. The second-order valence-electron chi connectivity index (χ2n) is 5.80. The highest BCUT2D eigenvalue weighted by Crippen LogP contribution is 2.33. The van der Waals surface area contributed by atoms with Gasteiger partial charge in [0.25, 0.3) is 5.91 Å². The summed E-state index contributed by atoms with van der Waals surface area (Å²) in [4.78, 5) is 16.2. The molecule has 6 nitrogen and oxygen atoms in total. The van der Waals surface area contributed by atoms with Crippen LogP contribution in [0.15, 0.2) is 30.5 Å². The molecule has 0 spiro atoms. The van der Waals surface area contributed by atoms with Crippen LogP contribution in [0.5, 0.6) is 0 Å². The molecule has 0 radical (unpaired) electrons. The van der Waals surface area contributed by atoms with E-state index in [0.29, 0.717) is 17.7 Å². The summed E-state index contributed by atoms with van der Waals surface area (Å²) in [6.45, 7) is 4.36. The van der Waals surface area contributed by atoms with Crippen LogP contribution < -0.4 is 5.73 Å². The zero-order valence-corrected chi connectivity index (χ0v) is 15.1. The minimum atomic E-state index is -0.543. The number of thiazole rings is 1. The monoisotopic (exact) mass is 361 g/mol. The summed E-state index contributed by atoms with van der Waals surface area (Å²) in [6, 6.07) is 11.6. The molecule has 2 heterocycles. The Bertz CT molecular complexity index is 1080. The van der Waals surface area contributed by atoms with Gasteiger partial charge in [-0.15, -0.1) is 11.3 Å². The van der Waals surface area contributed by atoms with Crippen molar-refractivity contribution in [3.63, 3.8) is 0 Å². The molecule has 0 aliphatic heterocycles. The van der Waals surface area contributed by atoms with E-state index in [0.717, 1.165) is 27.4 Å². The van der Waals surface area contributed by atoms with Crippen LogP contribution in [-0.2, 0) is 6.54 Å². The van der Waals surface area contributed by atoms with Gasteiger partial charge in [0, 0.05) is 28.0 Å². The summed E-state index contributed by atoms with van der Waals surface area (Å²) in [5.41, 5.74) is 9.98. The number of carbonyl (C=O) groups excluding carboxylic acids is 1. The first-order valence-electron chi connectivity index (χ1n) is 7.81. The average molecular weight is 361 g/mol. The lowest BCUT2D eigenvalue weighted by Gasteiger charge is -2.08. The lowest BCUT2D eigenvalue weighted by molar-refractivity contribution is 0.1000. The van der Waals surface area contributed by atoms with E-state index in [1.54, 1.807) is 18.3 Å². The normalized spacial score (nSPS) is 10.3. The molecular weight excluding hydrogens is 346 g/mol. The zero-order chi connectivity index (χ0) is 18.8. The van der Waals surface area contributed by atoms with Crippen molar-refractivity contribution in [2.45, 2.75) is 20.4 Å². The van der Waals surface area contributed by atoms with Crippen molar-refractivity contribution in [3.8, 4) is 23.3 Å². The molecule has 0 atom stereocenters. The van der Waals surface area contributed by atoms with Crippen LogP contribution in [0.2, 0.25) is 0 Å². The molecule has 7 heteroatoms. The van der Waals surface area contributed by atoms with E-state index in [9.17, 15) is 10.1 Å². The van der Waals surface area contributed by atoms with Crippen LogP contribution in [0.25, 0.3) is 11.1 Å². The van der Waals surface area contributed by atoms with Crippen molar-refractivity contribution in [3.05, 3.63) is 62.9 Å². The third kappa shape index (κ3) is 2.97. The van der Waals surface area contributed by atoms with Crippen LogP contribution >= 0.6 is 11.3 Å². The Labute approximate surface area is 154 Å². The Morgan fingerprint density at radius 3 is 2.42 bits per heavy atom. The predicted molar refractivity (Wildman–Crippen MR) is 98.5 cm³/mol. The highest BCUT2D eigenvalue weighted by molar-refractivity contribution is 7.13. The van der Waals surface area contributed by atoms with Gasteiger partial charge in [0.15, 0.2) is 5.01 Å². The summed E-state index contributed by atoms with van der Waals surface area (Å²) in [5.74, 6) is -0.543. The number of nitrogens with zero attached hydrogens (tertiary/aromatic N) is 4. The Hall–Kier alpha value is -3.42. The van der Waals surface area contributed by atoms with Crippen molar-refractivity contribution in [2.75, 3.05) is 0 Å². The summed E-state index contributed by atoms with van der Waals surface area (Å²) in [5, 5.41) is 18.9. The molecule has 0 bridgehead atoms. The first-order chi connectivity index (χ1) is 12.5. The van der Waals surface area contributed by atoms with Gasteiger partial charge in [-0.25, -0.2) is 4.98 Å². The molecule has 0 aliphatic rings. The molecule has 26 heavy (non-hydrogen) atoms. The first kappa shape index (κ1) is 17.4. The maximum absolute atomic E-state index is 11.2. The fraction of sp³-hybridized carbons (Fsp3) is 0.158. The number of nitriles is 2. The van der Waals surface area contributed by atoms with Crippen LogP contribution in [0.4, 0.5) is 0 Å². The van der Waals surface area contributed by atoms with E-state index in [1.165, 1.54) is 11.3 Å². The van der Waals surface area contributed by atoms with Gasteiger partial charge in [-0.05, 0) is 31.5 Å². The smallest absolute Gasteiger partial charge is 0.277 e. The molecule has 1 aromatic carbocycles. The highest BCUT2D eigenvalue weighted by Gasteiger charge is 2.20. The SMILES string of the molecule is Cc1c(C#N)c(-c2ccc(C#N)cc2)c(C)n1Cc1cnc(C(N)=O)s1. The molecule has 1 amide bonds. The predicted octanol–water partition coefficient (Wildman–Crippen LogP) is 3.12. The number of benzene rings is 1. The number of rotatable bonds is 4. The standard InChI is InChI=1S/C19H15N5OS/c1-11-16(8-21)17(14-5-3-13(7-20)4-6-14)12(2)24(11)10-15-9-23-19(26-15)18(22)25/h3-6,9H,10H2,1-2H3,(H2,22,25). The minimum Gasteiger partial charge on any atom is -0.364 e. The van der Waals surface area contributed by atoms with Gasteiger partial charge in [-0.3, -0.25) is 4.79 Å². The van der Waals surface area contributed by atoms with E-state index < -0.39 is 5.91 Å². The molecule has 2 aromatic heterocycles. The lowest BCUT2D eigenvalue weighted by atomic mass is 10.0. The van der Waals surface area contributed by atoms with Gasteiger partial charge in [-0.2, -0.15) is 10.5 Å². The van der Waals surface area contributed by atoms with Gasteiger partial charge in [0.1, 0.15) is 6.07 Å². The summed E-state index contributed by atoms with van der Waals surface area (Å²) in [6.07, 6.45) is 1.64. The highest BCUT2D eigenvalue weighted by atomic mass is 32.1. The van der Waals surface area contributed by atoms with E-state index in [4.69, 9.17) is 11.0 Å². The fourth-order valence-electron chi connectivity index (χ4n) is 2.97. The summed E-state index contributed by atoms with van der Waals surface area (Å²) < 4.78 is 2.03. The molecule has 0 aliphatic carbocycles. The maximum atomic E-state index is 11.2. The van der Waals surface area contributed by atoms with Gasteiger partial charge in [0.2, 0.25) is 0 Å². The molecule has 2 N–H and O–H groups in total. The molecule has 0 saturated carbocycles. The fourth-order valence-corrected chi connectivity index (χ4v) is 3.73. The minimum absolute atomic E-state index is 0.273. The second-order valence-corrected chi connectivity index (χ2v) is 6.92. The van der Waals surface area contributed by atoms with E-state index in [2.05, 4.69) is 17.1 Å². The van der Waals surface area contributed by atoms with Crippen LogP contribution in [0, 0.1) is 36.5 Å². The topological polar surface area (TPSA) is 108 Å². The second kappa shape index (κ2) is 6.83. The number of carbonyl (C=O) groups is 1. The molecule has 3 aromatic rings. The maximum Gasteiger partial charge on any atom is 0.277 e. The third-order valence-corrected chi connectivity index (χ3v) is 5.27. The Morgan fingerprint density at radius 2 is 1.88 bits per heavy atom.